The van der Waals surface area contributed by atoms with Gasteiger partial charge in [0.25, 0.3) is 0 Å². The first-order chi connectivity index (χ1) is 9.28. The SMILES string of the molecule is N#Cc1ccc2c(c1)c(I)cn2Cc1ccccc1. The van der Waals surface area contributed by atoms with Crippen LogP contribution in [0.25, 0.3) is 10.9 Å². The van der Waals surface area contributed by atoms with Crippen LogP contribution in [0.1, 0.15) is 11.1 Å². The summed E-state index contributed by atoms with van der Waals surface area (Å²) in [5.74, 6) is 0. The Kier molecular flexibility index (Phi) is 3.26. The molecule has 92 valence electrons. The van der Waals surface area contributed by atoms with Gasteiger partial charge in [-0.25, -0.2) is 0 Å². The van der Waals surface area contributed by atoms with Gasteiger partial charge in [0, 0.05) is 27.2 Å². The molecule has 2 aromatic carbocycles. The zero-order chi connectivity index (χ0) is 13.2. The van der Waals surface area contributed by atoms with Gasteiger partial charge in [0.15, 0.2) is 0 Å². The van der Waals surface area contributed by atoms with Crippen LogP contribution in [-0.2, 0) is 6.54 Å². The average molecular weight is 358 g/mol. The van der Waals surface area contributed by atoms with Crippen molar-refractivity contribution in [2.24, 2.45) is 0 Å². The zero-order valence-corrected chi connectivity index (χ0v) is 12.3. The van der Waals surface area contributed by atoms with Crippen LogP contribution in [0, 0.1) is 14.9 Å². The Morgan fingerprint density at radius 3 is 2.63 bits per heavy atom. The molecule has 0 aliphatic heterocycles. The van der Waals surface area contributed by atoms with E-state index in [-0.39, 0.29) is 0 Å². The quantitative estimate of drug-likeness (QED) is 0.633. The number of rotatable bonds is 2. The molecule has 0 fully saturated rings. The average Bonchev–Trinajstić information content (AvgIpc) is 2.76. The summed E-state index contributed by atoms with van der Waals surface area (Å²) in [5.41, 5.74) is 3.16. The lowest BCUT2D eigenvalue weighted by molar-refractivity contribution is 0.835. The van der Waals surface area contributed by atoms with Gasteiger partial charge >= 0.3 is 0 Å². The van der Waals surface area contributed by atoms with Crippen molar-refractivity contribution in [3.63, 3.8) is 0 Å². The Morgan fingerprint density at radius 2 is 1.89 bits per heavy atom. The minimum Gasteiger partial charge on any atom is -0.342 e. The van der Waals surface area contributed by atoms with Gasteiger partial charge in [-0.05, 0) is 46.4 Å². The molecule has 0 unspecified atom stereocenters. The molecule has 0 radical (unpaired) electrons. The number of fused-ring (bicyclic) bond motifs is 1. The number of nitrogens with zero attached hydrogens (tertiary/aromatic N) is 2. The molecule has 0 atom stereocenters. The maximum Gasteiger partial charge on any atom is 0.0991 e. The topological polar surface area (TPSA) is 28.7 Å². The first kappa shape index (κ1) is 12.2. The number of benzene rings is 2. The summed E-state index contributed by atoms with van der Waals surface area (Å²) in [6.45, 7) is 0.853. The number of halogens is 1. The minimum absolute atomic E-state index is 0.711. The smallest absolute Gasteiger partial charge is 0.0991 e. The maximum absolute atomic E-state index is 8.97. The highest BCUT2D eigenvalue weighted by Gasteiger charge is 2.07. The van der Waals surface area contributed by atoms with Crippen LogP contribution in [-0.4, -0.2) is 4.57 Å². The summed E-state index contributed by atoms with van der Waals surface area (Å²) in [6, 6.07) is 18.4. The lowest BCUT2D eigenvalue weighted by atomic mass is 10.2. The Hall–Kier alpha value is -1.80. The second-order valence-electron chi connectivity index (χ2n) is 4.43. The van der Waals surface area contributed by atoms with Gasteiger partial charge < -0.3 is 4.57 Å². The first-order valence-corrected chi connectivity index (χ1v) is 7.08. The monoisotopic (exact) mass is 358 g/mol. The van der Waals surface area contributed by atoms with E-state index in [1.807, 2.05) is 24.3 Å². The van der Waals surface area contributed by atoms with Gasteiger partial charge in [-0.15, -0.1) is 0 Å². The van der Waals surface area contributed by atoms with E-state index in [2.05, 4.69) is 63.7 Å². The molecule has 2 nitrogen and oxygen atoms in total. The number of aromatic nitrogens is 1. The van der Waals surface area contributed by atoms with Crippen LogP contribution >= 0.6 is 22.6 Å². The lowest BCUT2D eigenvalue weighted by Gasteiger charge is -2.05. The molecule has 3 aromatic rings. The molecule has 1 heterocycles. The van der Waals surface area contributed by atoms with Crippen molar-refractivity contribution in [1.82, 2.24) is 4.57 Å². The van der Waals surface area contributed by atoms with Crippen molar-refractivity contribution < 1.29 is 0 Å². The fraction of sp³-hybridized carbons (Fsp3) is 0.0625. The van der Waals surface area contributed by atoms with E-state index in [0.717, 1.165) is 11.9 Å². The normalized spacial score (nSPS) is 10.5. The van der Waals surface area contributed by atoms with Gasteiger partial charge in [0.05, 0.1) is 11.6 Å². The fourth-order valence-corrected chi connectivity index (χ4v) is 3.00. The van der Waals surface area contributed by atoms with Crippen molar-refractivity contribution in [3.05, 3.63) is 69.4 Å². The van der Waals surface area contributed by atoms with Crippen LogP contribution in [0.2, 0.25) is 0 Å². The second-order valence-corrected chi connectivity index (χ2v) is 5.60. The molecule has 0 N–H and O–H groups in total. The van der Waals surface area contributed by atoms with E-state index in [9.17, 15) is 0 Å². The highest BCUT2D eigenvalue weighted by Crippen LogP contribution is 2.25. The van der Waals surface area contributed by atoms with E-state index in [1.54, 1.807) is 0 Å². The summed E-state index contributed by atoms with van der Waals surface area (Å²) in [5, 5.41) is 10.1. The highest BCUT2D eigenvalue weighted by atomic mass is 127. The molecule has 0 spiro atoms. The van der Waals surface area contributed by atoms with E-state index in [0.29, 0.717) is 5.56 Å². The molecular formula is C16H11IN2. The first-order valence-electron chi connectivity index (χ1n) is 6.00. The van der Waals surface area contributed by atoms with Crippen molar-refractivity contribution >= 4 is 33.5 Å². The van der Waals surface area contributed by atoms with Crippen molar-refractivity contribution in [1.29, 1.82) is 5.26 Å². The summed E-state index contributed by atoms with van der Waals surface area (Å²) in [4.78, 5) is 0. The third kappa shape index (κ3) is 2.36. The Morgan fingerprint density at radius 1 is 1.11 bits per heavy atom. The van der Waals surface area contributed by atoms with Crippen LogP contribution in [0.5, 0.6) is 0 Å². The predicted octanol–water partition coefficient (Wildman–Crippen LogP) is 4.17. The van der Waals surface area contributed by atoms with Gasteiger partial charge in [-0.2, -0.15) is 5.26 Å². The Labute approximate surface area is 125 Å². The van der Waals surface area contributed by atoms with Crippen LogP contribution in [0.3, 0.4) is 0 Å². The van der Waals surface area contributed by atoms with Crippen molar-refractivity contribution in [2.75, 3.05) is 0 Å². The Bertz CT molecular complexity index is 767. The van der Waals surface area contributed by atoms with Crippen LogP contribution in [0.4, 0.5) is 0 Å². The van der Waals surface area contributed by atoms with Crippen LogP contribution < -0.4 is 0 Å². The predicted molar refractivity (Wildman–Crippen MR) is 84.9 cm³/mol. The van der Waals surface area contributed by atoms with E-state index < -0.39 is 0 Å². The van der Waals surface area contributed by atoms with E-state index >= 15 is 0 Å². The largest absolute Gasteiger partial charge is 0.342 e. The molecule has 1 aromatic heterocycles. The lowest BCUT2D eigenvalue weighted by Crippen LogP contribution is -1.97. The molecule has 0 aliphatic carbocycles. The molecular weight excluding hydrogens is 347 g/mol. The van der Waals surface area contributed by atoms with Gasteiger partial charge in [0.2, 0.25) is 0 Å². The fourth-order valence-electron chi connectivity index (χ4n) is 2.23. The standard InChI is InChI=1S/C16H11IN2/c17-15-11-19(10-12-4-2-1-3-5-12)16-7-6-13(9-18)8-14(15)16/h1-8,11H,10H2. The summed E-state index contributed by atoms with van der Waals surface area (Å²) in [6.07, 6.45) is 2.14. The second kappa shape index (κ2) is 5.06. The molecule has 3 rings (SSSR count). The molecule has 0 aliphatic rings. The molecule has 0 saturated heterocycles. The molecule has 0 saturated carbocycles. The summed E-state index contributed by atoms with van der Waals surface area (Å²) in [7, 11) is 0. The molecule has 19 heavy (non-hydrogen) atoms. The van der Waals surface area contributed by atoms with E-state index in [4.69, 9.17) is 5.26 Å². The maximum atomic E-state index is 8.97. The summed E-state index contributed by atoms with van der Waals surface area (Å²) >= 11 is 2.32. The van der Waals surface area contributed by atoms with Gasteiger partial charge in [-0.3, -0.25) is 0 Å². The molecule has 3 heteroatoms. The third-order valence-corrected chi connectivity index (χ3v) is 4.02. The van der Waals surface area contributed by atoms with Gasteiger partial charge in [0.1, 0.15) is 0 Å². The number of hydrogen-bond donors (Lipinski definition) is 0. The zero-order valence-electron chi connectivity index (χ0n) is 10.2. The van der Waals surface area contributed by atoms with Crippen molar-refractivity contribution in [3.8, 4) is 6.07 Å². The number of hydrogen-bond acceptors (Lipinski definition) is 1. The minimum atomic E-state index is 0.711. The number of nitriles is 1. The van der Waals surface area contributed by atoms with Gasteiger partial charge in [-0.1, -0.05) is 30.3 Å². The highest BCUT2D eigenvalue weighted by molar-refractivity contribution is 14.1. The molecule has 0 bridgehead atoms. The van der Waals surface area contributed by atoms with E-state index in [1.165, 1.54) is 14.7 Å². The Balaban J connectivity index is 2.08. The third-order valence-electron chi connectivity index (χ3n) is 3.16. The van der Waals surface area contributed by atoms with Crippen LogP contribution in [0.15, 0.2) is 54.7 Å². The molecule has 0 amide bonds. The summed E-state index contributed by atoms with van der Waals surface area (Å²) < 4.78 is 3.41. The van der Waals surface area contributed by atoms with Crippen molar-refractivity contribution in [2.45, 2.75) is 6.54 Å².